The molecular formula is C13H14F2N4O. The van der Waals surface area contributed by atoms with Gasteiger partial charge in [0.05, 0.1) is 18.1 Å². The highest BCUT2D eigenvalue weighted by Crippen LogP contribution is 2.17. The molecule has 1 aromatic heterocycles. The molecule has 20 heavy (non-hydrogen) atoms. The van der Waals surface area contributed by atoms with Gasteiger partial charge < -0.3 is 10.5 Å². The number of halogens is 2. The first-order valence-electron chi connectivity index (χ1n) is 5.92. The second kappa shape index (κ2) is 6.14. The minimum Gasteiger partial charge on any atom is -0.487 e. The van der Waals surface area contributed by atoms with Gasteiger partial charge in [0.1, 0.15) is 12.4 Å². The Morgan fingerprint density at radius 2 is 2.20 bits per heavy atom. The largest absolute Gasteiger partial charge is 0.487 e. The first kappa shape index (κ1) is 14.0. The standard InChI is InChI=1S/C13H14F2N4O/c1-9-7-19(13(16)18-9)17-6-10-4-2-3-5-11(10)20-8-12(14)15/h2-7,12H,8H2,1H3,(H2,16,18). The zero-order valence-electron chi connectivity index (χ0n) is 10.8. The third-order valence-electron chi connectivity index (χ3n) is 2.44. The van der Waals surface area contributed by atoms with Crippen molar-refractivity contribution in [2.75, 3.05) is 12.3 Å². The lowest BCUT2D eigenvalue weighted by atomic mass is 10.2. The number of benzene rings is 1. The van der Waals surface area contributed by atoms with Gasteiger partial charge in [-0.15, -0.1) is 0 Å². The maximum absolute atomic E-state index is 12.2. The molecule has 1 aromatic carbocycles. The van der Waals surface area contributed by atoms with Gasteiger partial charge >= 0.3 is 0 Å². The number of para-hydroxylation sites is 1. The monoisotopic (exact) mass is 280 g/mol. The highest BCUT2D eigenvalue weighted by Gasteiger charge is 2.06. The van der Waals surface area contributed by atoms with Crippen molar-refractivity contribution in [2.24, 2.45) is 5.10 Å². The smallest absolute Gasteiger partial charge is 0.272 e. The predicted octanol–water partition coefficient (Wildman–Crippen LogP) is 2.30. The summed E-state index contributed by atoms with van der Waals surface area (Å²) in [7, 11) is 0. The molecule has 0 bridgehead atoms. The second-order valence-electron chi connectivity index (χ2n) is 4.07. The lowest BCUT2D eigenvalue weighted by Crippen LogP contribution is -2.08. The van der Waals surface area contributed by atoms with Crippen LogP contribution in [-0.2, 0) is 0 Å². The molecule has 0 saturated heterocycles. The molecular weight excluding hydrogens is 266 g/mol. The summed E-state index contributed by atoms with van der Waals surface area (Å²) in [4.78, 5) is 4.00. The van der Waals surface area contributed by atoms with Crippen LogP contribution in [0.5, 0.6) is 5.75 Å². The van der Waals surface area contributed by atoms with Gasteiger partial charge in [0.15, 0.2) is 0 Å². The molecule has 0 spiro atoms. The van der Waals surface area contributed by atoms with E-state index in [2.05, 4.69) is 10.1 Å². The number of aromatic nitrogens is 2. The van der Waals surface area contributed by atoms with Gasteiger partial charge in [0.25, 0.3) is 6.43 Å². The van der Waals surface area contributed by atoms with Crippen molar-refractivity contribution in [1.82, 2.24) is 9.66 Å². The number of nitrogens with two attached hydrogens (primary N) is 1. The number of anilines is 1. The number of nitrogens with zero attached hydrogens (tertiary/aromatic N) is 3. The molecule has 0 aliphatic heterocycles. The fraction of sp³-hybridized carbons (Fsp3) is 0.231. The maximum atomic E-state index is 12.2. The number of hydrogen-bond donors (Lipinski definition) is 1. The number of imidazole rings is 1. The fourth-order valence-corrected chi connectivity index (χ4v) is 1.59. The molecule has 0 amide bonds. The molecule has 2 aromatic rings. The summed E-state index contributed by atoms with van der Waals surface area (Å²) >= 11 is 0. The van der Waals surface area contributed by atoms with Crippen molar-refractivity contribution in [3.05, 3.63) is 41.7 Å². The highest BCUT2D eigenvalue weighted by atomic mass is 19.3. The SMILES string of the molecule is Cc1cn(N=Cc2ccccc2OCC(F)F)c(N)n1. The minimum absolute atomic E-state index is 0.254. The van der Waals surface area contributed by atoms with E-state index in [1.807, 2.05) is 0 Å². The number of alkyl halides is 2. The first-order valence-corrected chi connectivity index (χ1v) is 5.92. The van der Waals surface area contributed by atoms with E-state index in [1.165, 1.54) is 10.9 Å². The Morgan fingerprint density at radius 3 is 2.85 bits per heavy atom. The number of ether oxygens (including phenoxy) is 1. The summed E-state index contributed by atoms with van der Waals surface area (Å²) in [6, 6.07) is 6.78. The van der Waals surface area contributed by atoms with Crippen LogP contribution < -0.4 is 10.5 Å². The summed E-state index contributed by atoms with van der Waals surface area (Å²) in [6.07, 6.45) is 0.624. The van der Waals surface area contributed by atoms with Crippen molar-refractivity contribution in [1.29, 1.82) is 0 Å². The van der Waals surface area contributed by atoms with Crippen LogP contribution in [0.2, 0.25) is 0 Å². The zero-order chi connectivity index (χ0) is 14.5. The van der Waals surface area contributed by atoms with E-state index in [0.717, 1.165) is 5.69 Å². The Balaban J connectivity index is 2.18. The number of aryl methyl sites for hydroxylation is 1. The maximum Gasteiger partial charge on any atom is 0.272 e. The van der Waals surface area contributed by atoms with Crippen molar-refractivity contribution < 1.29 is 13.5 Å². The van der Waals surface area contributed by atoms with Gasteiger partial charge in [-0.05, 0) is 19.1 Å². The van der Waals surface area contributed by atoms with Gasteiger partial charge in [-0.1, -0.05) is 12.1 Å². The average Bonchev–Trinajstić information content (AvgIpc) is 2.73. The van der Waals surface area contributed by atoms with Gasteiger partial charge in [0, 0.05) is 5.56 Å². The molecule has 0 radical (unpaired) electrons. The van der Waals surface area contributed by atoms with Gasteiger partial charge in [-0.2, -0.15) is 5.10 Å². The first-order chi connectivity index (χ1) is 9.56. The molecule has 2 N–H and O–H groups in total. The normalized spacial score (nSPS) is 11.4. The van der Waals surface area contributed by atoms with E-state index in [1.54, 1.807) is 37.4 Å². The number of nitrogen functional groups attached to an aromatic ring is 1. The lowest BCUT2D eigenvalue weighted by Gasteiger charge is -2.07. The van der Waals surface area contributed by atoms with Crippen molar-refractivity contribution in [3.63, 3.8) is 0 Å². The van der Waals surface area contributed by atoms with Crippen molar-refractivity contribution >= 4 is 12.2 Å². The lowest BCUT2D eigenvalue weighted by molar-refractivity contribution is 0.0818. The molecule has 1 heterocycles. The van der Waals surface area contributed by atoms with Crippen LogP contribution in [-0.4, -0.2) is 28.9 Å². The summed E-state index contributed by atoms with van der Waals surface area (Å²) in [5.74, 6) is 0.594. The van der Waals surface area contributed by atoms with Crippen LogP contribution >= 0.6 is 0 Å². The number of rotatable bonds is 5. The van der Waals surface area contributed by atoms with Crippen LogP contribution in [0.3, 0.4) is 0 Å². The average molecular weight is 280 g/mol. The Hall–Kier alpha value is -2.44. The van der Waals surface area contributed by atoms with E-state index in [9.17, 15) is 8.78 Å². The third kappa shape index (κ3) is 3.53. The Bertz CT molecular complexity index is 610. The van der Waals surface area contributed by atoms with E-state index in [4.69, 9.17) is 10.5 Å². The van der Waals surface area contributed by atoms with Gasteiger partial charge in [0.2, 0.25) is 5.95 Å². The minimum atomic E-state index is -2.52. The zero-order valence-corrected chi connectivity index (χ0v) is 10.8. The molecule has 0 saturated carbocycles. The summed E-state index contributed by atoms with van der Waals surface area (Å²) in [5.41, 5.74) is 6.97. The molecule has 0 unspecified atom stereocenters. The van der Waals surface area contributed by atoms with E-state index in [0.29, 0.717) is 11.3 Å². The molecule has 5 nitrogen and oxygen atoms in total. The predicted molar refractivity (Wildman–Crippen MR) is 72.3 cm³/mol. The van der Waals surface area contributed by atoms with Gasteiger partial charge in [-0.3, -0.25) is 0 Å². The van der Waals surface area contributed by atoms with Gasteiger partial charge in [-0.25, -0.2) is 18.4 Å². The van der Waals surface area contributed by atoms with E-state index >= 15 is 0 Å². The summed E-state index contributed by atoms with van der Waals surface area (Å²) in [6.45, 7) is 1.14. The molecule has 0 aliphatic rings. The quantitative estimate of drug-likeness (QED) is 0.855. The van der Waals surface area contributed by atoms with Crippen LogP contribution in [0, 0.1) is 6.92 Å². The topological polar surface area (TPSA) is 65.4 Å². The molecule has 7 heteroatoms. The second-order valence-corrected chi connectivity index (χ2v) is 4.07. The van der Waals surface area contributed by atoms with Crippen LogP contribution in [0.1, 0.15) is 11.3 Å². The Morgan fingerprint density at radius 1 is 1.45 bits per heavy atom. The molecule has 0 atom stereocenters. The van der Waals surface area contributed by atoms with E-state index < -0.39 is 13.0 Å². The molecule has 0 aliphatic carbocycles. The summed E-state index contributed by atoms with van der Waals surface area (Å²) in [5, 5.41) is 4.12. The fourth-order valence-electron chi connectivity index (χ4n) is 1.59. The number of hydrogen-bond acceptors (Lipinski definition) is 4. The molecule has 2 rings (SSSR count). The van der Waals surface area contributed by atoms with Crippen LogP contribution in [0.15, 0.2) is 35.6 Å². The molecule has 106 valence electrons. The third-order valence-corrected chi connectivity index (χ3v) is 2.44. The Kier molecular flexibility index (Phi) is 4.29. The highest BCUT2D eigenvalue weighted by molar-refractivity contribution is 5.83. The summed E-state index contributed by atoms with van der Waals surface area (Å²) < 4.78 is 30.8. The Labute approximate surface area is 114 Å². The van der Waals surface area contributed by atoms with Crippen molar-refractivity contribution in [2.45, 2.75) is 13.3 Å². The van der Waals surface area contributed by atoms with Crippen molar-refractivity contribution in [3.8, 4) is 5.75 Å². The van der Waals surface area contributed by atoms with Crippen LogP contribution in [0.4, 0.5) is 14.7 Å². The van der Waals surface area contributed by atoms with Crippen LogP contribution in [0.25, 0.3) is 0 Å². The molecule has 0 fully saturated rings. The van der Waals surface area contributed by atoms with E-state index in [-0.39, 0.29) is 5.95 Å².